The maximum Gasteiger partial charge on any atom is 0.177 e. The molecule has 0 radical (unpaired) electrons. The summed E-state index contributed by atoms with van der Waals surface area (Å²) in [7, 11) is -3.40. The number of hydrogen-bond donors (Lipinski definition) is 1. The molecule has 1 aromatic heterocycles. The van der Waals surface area contributed by atoms with E-state index in [0.29, 0.717) is 28.5 Å². The van der Waals surface area contributed by atoms with E-state index in [0.717, 1.165) is 6.26 Å². The molecule has 0 aliphatic heterocycles. The van der Waals surface area contributed by atoms with E-state index < -0.39 is 9.84 Å². The normalized spacial score (nSPS) is 11.2. The number of halogens is 1. The van der Waals surface area contributed by atoms with Crippen molar-refractivity contribution < 1.29 is 13.2 Å². The number of nitrogens with one attached hydrogen (secondary N) is 1. The number of pyridine rings is 1. The van der Waals surface area contributed by atoms with Crippen LogP contribution in [-0.4, -0.2) is 25.4 Å². The lowest BCUT2D eigenvalue weighted by Gasteiger charge is -2.12. The second-order valence-corrected chi connectivity index (χ2v) is 7.28. The fourth-order valence-corrected chi connectivity index (χ4v) is 2.86. The van der Waals surface area contributed by atoms with Crippen molar-refractivity contribution in [3.8, 4) is 0 Å². The smallest absolute Gasteiger partial charge is 0.177 e. The van der Waals surface area contributed by atoms with Gasteiger partial charge >= 0.3 is 0 Å². The maximum absolute atomic E-state index is 11.8. The van der Waals surface area contributed by atoms with E-state index in [1.54, 1.807) is 12.1 Å². The number of rotatable bonds is 5. The first-order valence-corrected chi connectivity index (χ1v) is 8.73. The molecule has 0 aliphatic rings. The van der Waals surface area contributed by atoms with Crippen LogP contribution in [0.5, 0.6) is 0 Å². The average molecular weight is 339 g/mol. The predicted octanol–water partition coefficient (Wildman–Crippen LogP) is 2.95. The molecule has 0 unspecified atom stereocenters. The maximum atomic E-state index is 11.8. The molecule has 5 nitrogen and oxygen atoms in total. The Labute approximate surface area is 134 Å². The van der Waals surface area contributed by atoms with E-state index >= 15 is 0 Å². The molecule has 1 N–H and O–H groups in total. The molecule has 0 atom stereocenters. The van der Waals surface area contributed by atoms with Gasteiger partial charge in [0.25, 0.3) is 0 Å². The third kappa shape index (κ3) is 4.05. The molecular formula is C15H15ClN2O3S. The Morgan fingerprint density at radius 2 is 2.00 bits per heavy atom. The molecule has 0 saturated heterocycles. The van der Waals surface area contributed by atoms with E-state index in [-0.39, 0.29) is 10.7 Å². The standard InChI is InChI=1S/C15H15ClN2O3S/c1-10(19)11-3-6-15(22(2,20)21)14(7-11)18-9-13-5-4-12(16)8-17-13/h3-8,18H,9H2,1-2H3. The van der Waals surface area contributed by atoms with Gasteiger partial charge in [-0.25, -0.2) is 8.42 Å². The Bertz CT molecular complexity index is 802. The first-order valence-electron chi connectivity index (χ1n) is 6.47. The molecule has 7 heteroatoms. The highest BCUT2D eigenvalue weighted by Crippen LogP contribution is 2.24. The van der Waals surface area contributed by atoms with Crippen LogP contribution < -0.4 is 5.32 Å². The van der Waals surface area contributed by atoms with E-state index in [1.807, 2.05) is 0 Å². The molecule has 0 fully saturated rings. The third-order valence-electron chi connectivity index (χ3n) is 3.03. The summed E-state index contributed by atoms with van der Waals surface area (Å²) < 4.78 is 23.7. The highest BCUT2D eigenvalue weighted by molar-refractivity contribution is 7.90. The Morgan fingerprint density at radius 1 is 1.27 bits per heavy atom. The summed E-state index contributed by atoms with van der Waals surface area (Å²) in [5.74, 6) is -0.132. The lowest BCUT2D eigenvalue weighted by molar-refractivity contribution is 0.101. The number of anilines is 1. The molecule has 0 spiro atoms. The summed E-state index contributed by atoms with van der Waals surface area (Å²) in [6, 6.07) is 7.92. The highest BCUT2D eigenvalue weighted by atomic mass is 35.5. The zero-order chi connectivity index (χ0) is 16.3. The molecular weight excluding hydrogens is 324 g/mol. The summed E-state index contributed by atoms with van der Waals surface area (Å²) in [5, 5.41) is 3.54. The monoisotopic (exact) mass is 338 g/mol. The Morgan fingerprint density at radius 3 is 2.55 bits per heavy atom. The quantitative estimate of drug-likeness (QED) is 0.848. The van der Waals surface area contributed by atoms with Gasteiger partial charge in [0.05, 0.1) is 27.8 Å². The molecule has 1 heterocycles. The second-order valence-electron chi connectivity index (χ2n) is 4.86. The fraction of sp³-hybridized carbons (Fsp3) is 0.200. The number of nitrogens with zero attached hydrogens (tertiary/aromatic N) is 1. The van der Waals surface area contributed by atoms with Crippen molar-refractivity contribution in [2.45, 2.75) is 18.4 Å². The van der Waals surface area contributed by atoms with Gasteiger partial charge in [0.2, 0.25) is 0 Å². The number of aromatic nitrogens is 1. The summed E-state index contributed by atoms with van der Waals surface area (Å²) in [6.07, 6.45) is 2.64. The van der Waals surface area contributed by atoms with Crippen LogP contribution in [0.2, 0.25) is 5.02 Å². The van der Waals surface area contributed by atoms with Crippen molar-refractivity contribution in [2.24, 2.45) is 0 Å². The van der Waals surface area contributed by atoms with Crippen molar-refractivity contribution in [1.29, 1.82) is 0 Å². The van der Waals surface area contributed by atoms with Gasteiger partial charge in [-0.1, -0.05) is 11.6 Å². The van der Waals surface area contributed by atoms with Crippen LogP contribution >= 0.6 is 11.6 Å². The summed E-state index contributed by atoms with van der Waals surface area (Å²) in [4.78, 5) is 15.7. The van der Waals surface area contributed by atoms with E-state index in [9.17, 15) is 13.2 Å². The van der Waals surface area contributed by atoms with Gasteiger partial charge < -0.3 is 5.32 Å². The fourth-order valence-electron chi connectivity index (χ4n) is 1.91. The minimum atomic E-state index is -3.40. The number of sulfone groups is 1. The number of Topliss-reactive ketones (excluding diaryl/α,β-unsaturated/α-hetero) is 1. The zero-order valence-electron chi connectivity index (χ0n) is 12.1. The van der Waals surface area contributed by atoms with Crippen LogP contribution in [0.3, 0.4) is 0 Å². The highest BCUT2D eigenvalue weighted by Gasteiger charge is 2.15. The van der Waals surface area contributed by atoms with Gasteiger partial charge in [-0.15, -0.1) is 0 Å². The Hall–Kier alpha value is -1.92. The van der Waals surface area contributed by atoms with Gasteiger partial charge in [-0.3, -0.25) is 9.78 Å². The Balaban J connectivity index is 2.32. The van der Waals surface area contributed by atoms with Gasteiger partial charge in [0.15, 0.2) is 15.6 Å². The molecule has 0 bridgehead atoms. The van der Waals surface area contributed by atoms with Gasteiger partial charge in [-0.05, 0) is 37.3 Å². The molecule has 2 rings (SSSR count). The first-order chi connectivity index (χ1) is 10.3. The van der Waals surface area contributed by atoms with Crippen molar-refractivity contribution in [2.75, 3.05) is 11.6 Å². The zero-order valence-corrected chi connectivity index (χ0v) is 13.7. The number of benzene rings is 1. The lowest BCUT2D eigenvalue weighted by Crippen LogP contribution is -2.08. The Kier molecular flexibility index (Phi) is 4.83. The van der Waals surface area contributed by atoms with Crippen LogP contribution in [0, 0.1) is 0 Å². The van der Waals surface area contributed by atoms with Crippen LogP contribution in [0.1, 0.15) is 23.0 Å². The van der Waals surface area contributed by atoms with E-state index in [4.69, 9.17) is 11.6 Å². The van der Waals surface area contributed by atoms with Crippen LogP contribution in [0.4, 0.5) is 5.69 Å². The predicted molar refractivity (Wildman–Crippen MR) is 86.1 cm³/mol. The van der Waals surface area contributed by atoms with Gasteiger partial charge in [0, 0.05) is 18.0 Å². The third-order valence-corrected chi connectivity index (χ3v) is 4.41. The van der Waals surface area contributed by atoms with E-state index in [2.05, 4.69) is 10.3 Å². The van der Waals surface area contributed by atoms with Crippen LogP contribution in [0.25, 0.3) is 0 Å². The van der Waals surface area contributed by atoms with Crippen molar-refractivity contribution in [1.82, 2.24) is 4.98 Å². The number of carbonyl (C=O) groups excluding carboxylic acids is 1. The lowest BCUT2D eigenvalue weighted by atomic mass is 10.1. The first kappa shape index (κ1) is 16.5. The summed E-state index contributed by atoms with van der Waals surface area (Å²) in [6.45, 7) is 1.75. The number of carbonyl (C=O) groups is 1. The minimum absolute atomic E-state index is 0.132. The molecule has 0 amide bonds. The molecule has 1 aromatic carbocycles. The molecule has 0 saturated carbocycles. The van der Waals surface area contributed by atoms with Gasteiger partial charge in [0.1, 0.15) is 0 Å². The number of ketones is 1. The average Bonchev–Trinajstić information content (AvgIpc) is 2.45. The van der Waals surface area contributed by atoms with E-state index in [1.165, 1.54) is 31.3 Å². The van der Waals surface area contributed by atoms with Crippen molar-refractivity contribution in [3.63, 3.8) is 0 Å². The molecule has 0 aliphatic carbocycles. The summed E-state index contributed by atoms with van der Waals surface area (Å²) in [5.41, 5.74) is 1.53. The molecule has 22 heavy (non-hydrogen) atoms. The van der Waals surface area contributed by atoms with Crippen LogP contribution in [-0.2, 0) is 16.4 Å². The van der Waals surface area contributed by atoms with Crippen molar-refractivity contribution in [3.05, 3.63) is 52.8 Å². The molecule has 116 valence electrons. The van der Waals surface area contributed by atoms with Crippen LogP contribution in [0.15, 0.2) is 41.4 Å². The largest absolute Gasteiger partial charge is 0.378 e. The van der Waals surface area contributed by atoms with Gasteiger partial charge in [-0.2, -0.15) is 0 Å². The summed E-state index contributed by atoms with van der Waals surface area (Å²) >= 11 is 5.77. The minimum Gasteiger partial charge on any atom is -0.378 e. The molecule has 2 aromatic rings. The number of hydrogen-bond acceptors (Lipinski definition) is 5. The topological polar surface area (TPSA) is 76.1 Å². The second kappa shape index (κ2) is 6.46. The van der Waals surface area contributed by atoms with Crippen molar-refractivity contribution >= 4 is 32.9 Å². The SMILES string of the molecule is CC(=O)c1ccc(S(C)(=O)=O)c(NCc2ccc(Cl)cn2)c1.